The summed E-state index contributed by atoms with van der Waals surface area (Å²) in [5, 5.41) is 25.9. The van der Waals surface area contributed by atoms with Gasteiger partial charge in [0, 0.05) is 22.3 Å². The SMILES string of the molecule is COc1cc(/C=N/Nc2ccc(S(=O)(=O)Nc3ccc(Cl)cc3)cc2[N+](=O)[O-])cc(OC)c1O. The molecular formula is C21H19ClN4O7S. The van der Waals surface area contributed by atoms with Crippen molar-refractivity contribution < 1.29 is 27.9 Å². The highest BCUT2D eigenvalue weighted by Gasteiger charge is 2.21. The third kappa shape index (κ3) is 5.66. The Morgan fingerprint density at radius 1 is 1.06 bits per heavy atom. The van der Waals surface area contributed by atoms with E-state index in [9.17, 15) is 23.6 Å². The predicted molar refractivity (Wildman–Crippen MR) is 128 cm³/mol. The third-order valence-electron chi connectivity index (χ3n) is 4.47. The molecule has 0 aliphatic rings. The van der Waals surface area contributed by atoms with Gasteiger partial charge in [0.25, 0.3) is 15.7 Å². The molecule has 0 fully saturated rings. The number of sulfonamides is 1. The number of phenolic OH excluding ortho intramolecular Hbond substituents is 1. The van der Waals surface area contributed by atoms with Gasteiger partial charge >= 0.3 is 0 Å². The van der Waals surface area contributed by atoms with Crippen LogP contribution in [-0.2, 0) is 10.0 Å². The van der Waals surface area contributed by atoms with Crippen molar-refractivity contribution in [2.75, 3.05) is 24.4 Å². The van der Waals surface area contributed by atoms with Crippen LogP contribution in [0, 0.1) is 10.1 Å². The lowest BCUT2D eigenvalue weighted by Gasteiger charge is -2.10. The van der Waals surface area contributed by atoms with Crippen molar-refractivity contribution in [2.45, 2.75) is 4.90 Å². The van der Waals surface area contributed by atoms with Crippen molar-refractivity contribution in [1.29, 1.82) is 0 Å². The maximum Gasteiger partial charge on any atom is 0.295 e. The number of hydrogen-bond donors (Lipinski definition) is 3. The molecule has 0 aliphatic heterocycles. The molecule has 0 aromatic heterocycles. The van der Waals surface area contributed by atoms with E-state index in [0.717, 1.165) is 6.07 Å². The van der Waals surface area contributed by atoms with Crippen LogP contribution in [0.4, 0.5) is 17.1 Å². The molecule has 0 aliphatic carbocycles. The van der Waals surface area contributed by atoms with Crippen LogP contribution in [0.5, 0.6) is 17.2 Å². The number of halogens is 1. The normalized spacial score (nSPS) is 11.3. The van der Waals surface area contributed by atoms with E-state index in [2.05, 4.69) is 15.2 Å². The zero-order valence-corrected chi connectivity index (χ0v) is 19.4. The molecule has 0 amide bonds. The Labute approximate surface area is 199 Å². The number of phenols is 1. The zero-order valence-electron chi connectivity index (χ0n) is 17.9. The van der Waals surface area contributed by atoms with Crippen LogP contribution in [-0.4, -0.2) is 38.9 Å². The van der Waals surface area contributed by atoms with E-state index in [0.29, 0.717) is 10.6 Å². The second-order valence-corrected chi connectivity index (χ2v) is 8.81. The minimum absolute atomic E-state index is 0.0376. The summed E-state index contributed by atoms with van der Waals surface area (Å²) in [6, 6.07) is 12.3. The Morgan fingerprint density at radius 3 is 2.24 bits per heavy atom. The number of ether oxygens (including phenoxy) is 2. The molecule has 0 atom stereocenters. The number of nitro benzene ring substituents is 1. The highest BCUT2D eigenvalue weighted by atomic mass is 35.5. The average Bonchev–Trinajstić information content (AvgIpc) is 2.81. The summed E-state index contributed by atoms with van der Waals surface area (Å²) in [5.74, 6) is 0.110. The fourth-order valence-electron chi connectivity index (χ4n) is 2.82. The maximum absolute atomic E-state index is 12.7. The number of nitrogens with zero attached hydrogens (tertiary/aromatic N) is 2. The van der Waals surface area contributed by atoms with Gasteiger partial charge in [0.15, 0.2) is 11.5 Å². The minimum Gasteiger partial charge on any atom is -0.502 e. The molecule has 3 N–H and O–H groups in total. The summed E-state index contributed by atoms with van der Waals surface area (Å²) in [4.78, 5) is 10.5. The van der Waals surface area contributed by atoms with E-state index in [1.165, 1.54) is 69.0 Å². The topological polar surface area (TPSA) is 152 Å². The predicted octanol–water partition coefficient (Wildman–Crippen LogP) is 4.22. The van der Waals surface area contributed by atoms with Crippen LogP contribution in [0.2, 0.25) is 5.02 Å². The molecule has 3 aromatic carbocycles. The van der Waals surface area contributed by atoms with E-state index in [-0.39, 0.29) is 33.5 Å². The van der Waals surface area contributed by atoms with Crippen molar-refractivity contribution in [1.82, 2.24) is 0 Å². The minimum atomic E-state index is -4.10. The van der Waals surface area contributed by atoms with E-state index in [1.807, 2.05) is 0 Å². The largest absolute Gasteiger partial charge is 0.502 e. The molecule has 3 rings (SSSR count). The fraction of sp³-hybridized carbons (Fsp3) is 0.0952. The number of benzene rings is 3. The van der Waals surface area contributed by atoms with Gasteiger partial charge in [-0.15, -0.1) is 0 Å². The Hall–Kier alpha value is -4.03. The molecule has 0 radical (unpaired) electrons. The van der Waals surface area contributed by atoms with Gasteiger partial charge in [-0.25, -0.2) is 8.42 Å². The van der Waals surface area contributed by atoms with E-state index >= 15 is 0 Å². The third-order valence-corrected chi connectivity index (χ3v) is 6.10. The van der Waals surface area contributed by atoms with Gasteiger partial charge in [-0.1, -0.05) is 11.6 Å². The summed E-state index contributed by atoms with van der Waals surface area (Å²) in [6.07, 6.45) is 1.32. The van der Waals surface area contributed by atoms with Crippen molar-refractivity contribution in [3.05, 3.63) is 75.3 Å². The van der Waals surface area contributed by atoms with Gasteiger partial charge in [0.05, 0.1) is 30.3 Å². The molecule has 11 nitrogen and oxygen atoms in total. The molecular weight excluding hydrogens is 488 g/mol. The molecule has 34 heavy (non-hydrogen) atoms. The van der Waals surface area contributed by atoms with Gasteiger partial charge in [0.1, 0.15) is 5.69 Å². The number of hydrazone groups is 1. The second-order valence-electron chi connectivity index (χ2n) is 6.69. The Balaban J connectivity index is 1.85. The number of nitro groups is 1. The number of nitrogens with one attached hydrogen (secondary N) is 2. The maximum atomic E-state index is 12.7. The van der Waals surface area contributed by atoms with Crippen molar-refractivity contribution in [3.63, 3.8) is 0 Å². The molecule has 0 saturated carbocycles. The van der Waals surface area contributed by atoms with Crippen LogP contribution in [0.3, 0.4) is 0 Å². The van der Waals surface area contributed by atoms with E-state index in [1.54, 1.807) is 0 Å². The van der Waals surface area contributed by atoms with Crippen LogP contribution in [0.15, 0.2) is 64.6 Å². The molecule has 3 aromatic rings. The van der Waals surface area contributed by atoms with Crippen LogP contribution >= 0.6 is 11.6 Å². The molecule has 0 spiro atoms. The molecule has 178 valence electrons. The number of rotatable bonds is 9. The fourth-order valence-corrected chi connectivity index (χ4v) is 4.03. The molecule has 13 heteroatoms. The lowest BCUT2D eigenvalue weighted by Crippen LogP contribution is -2.13. The zero-order chi connectivity index (χ0) is 24.9. The lowest BCUT2D eigenvalue weighted by molar-refractivity contribution is -0.384. The van der Waals surface area contributed by atoms with Gasteiger partial charge in [-0.2, -0.15) is 5.10 Å². The summed E-state index contributed by atoms with van der Waals surface area (Å²) in [5.41, 5.74) is 2.70. The number of anilines is 2. The van der Waals surface area contributed by atoms with E-state index in [4.69, 9.17) is 21.1 Å². The Bertz CT molecular complexity index is 1320. The van der Waals surface area contributed by atoms with Gasteiger partial charge in [0.2, 0.25) is 5.75 Å². The van der Waals surface area contributed by atoms with Gasteiger partial charge in [-0.05, 0) is 48.5 Å². The number of aromatic hydroxyl groups is 1. The standard InChI is InChI=1S/C21H19ClN4O7S/c1-32-19-9-13(10-20(33-2)21(19)27)12-23-24-17-8-7-16(11-18(17)26(28)29)34(30,31)25-15-5-3-14(22)4-6-15/h3-12,24-25,27H,1-2H3/b23-12+. The average molecular weight is 507 g/mol. The van der Waals surface area contributed by atoms with Gasteiger partial charge in [-0.3, -0.25) is 20.3 Å². The summed E-state index contributed by atoms with van der Waals surface area (Å²) in [7, 11) is -1.36. The van der Waals surface area contributed by atoms with Crippen LogP contribution in [0.1, 0.15) is 5.56 Å². The molecule has 0 unspecified atom stereocenters. The highest BCUT2D eigenvalue weighted by molar-refractivity contribution is 7.92. The highest BCUT2D eigenvalue weighted by Crippen LogP contribution is 2.36. The summed E-state index contributed by atoms with van der Waals surface area (Å²) >= 11 is 5.80. The molecule has 0 heterocycles. The van der Waals surface area contributed by atoms with Crippen molar-refractivity contribution in [2.24, 2.45) is 5.10 Å². The quantitative estimate of drug-likeness (QED) is 0.221. The first-order valence-corrected chi connectivity index (χ1v) is 11.3. The van der Waals surface area contributed by atoms with E-state index < -0.39 is 20.6 Å². The Kier molecular flexibility index (Phi) is 7.44. The monoisotopic (exact) mass is 506 g/mol. The smallest absolute Gasteiger partial charge is 0.295 e. The summed E-state index contributed by atoms with van der Waals surface area (Å²) in [6.45, 7) is 0. The Morgan fingerprint density at radius 2 is 1.68 bits per heavy atom. The van der Waals surface area contributed by atoms with Gasteiger partial charge < -0.3 is 14.6 Å². The first-order valence-electron chi connectivity index (χ1n) is 9.45. The first-order chi connectivity index (χ1) is 16.1. The van der Waals surface area contributed by atoms with Crippen molar-refractivity contribution >= 4 is 44.9 Å². The second kappa shape index (κ2) is 10.3. The number of hydrogen-bond acceptors (Lipinski definition) is 9. The molecule has 0 saturated heterocycles. The lowest BCUT2D eigenvalue weighted by atomic mass is 10.2. The van der Waals surface area contributed by atoms with Crippen molar-refractivity contribution in [3.8, 4) is 17.2 Å². The summed E-state index contributed by atoms with van der Waals surface area (Å²) < 4.78 is 37.8. The van der Waals surface area contributed by atoms with Crippen LogP contribution in [0.25, 0.3) is 0 Å². The number of methoxy groups -OCH3 is 2. The molecule has 0 bridgehead atoms. The van der Waals surface area contributed by atoms with Crippen LogP contribution < -0.4 is 19.6 Å². The first kappa shape index (κ1) is 24.6.